The Morgan fingerprint density at radius 1 is 1.06 bits per heavy atom. The van der Waals surface area contributed by atoms with Crippen molar-refractivity contribution in [3.05, 3.63) is 17.7 Å². The first kappa shape index (κ1) is 23.5. The molecule has 0 radical (unpaired) electrons. The summed E-state index contributed by atoms with van der Waals surface area (Å²) in [4.78, 5) is 11.9. The smallest absolute Gasteiger partial charge is 0.203 e. The molecule has 1 aliphatic carbocycles. The number of hydrogen-bond acceptors (Lipinski definition) is 6. The summed E-state index contributed by atoms with van der Waals surface area (Å²) in [5.74, 6) is 3.05. The Labute approximate surface area is 187 Å². The molecule has 1 saturated carbocycles. The van der Waals surface area contributed by atoms with E-state index in [1.165, 1.54) is 12.8 Å². The number of hydrogen-bond donors (Lipinski definition) is 1. The number of nitrogens with one attached hydrogen (secondary N) is 1. The van der Waals surface area contributed by atoms with E-state index in [0.29, 0.717) is 17.2 Å². The summed E-state index contributed by atoms with van der Waals surface area (Å²) < 4.78 is 16.4. The summed E-state index contributed by atoms with van der Waals surface area (Å²) in [5.41, 5.74) is 1.16. The summed E-state index contributed by atoms with van der Waals surface area (Å²) in [5, 5.41) is 3.56. The Morgan fingerprint density at radius 2 is 1.71 bits per heavy atom. The van der Waals surface area contributed by atoms with Gasteiger partial charge in [-0.2, -0.15) is 0 Å². The summed E-state index contributed by atoms with van der Waals surface area (Å²) in [6, 6.07) is 4.88. The van der Waals surface area contributed by atoms with Crippen molar-refractivity contribution in [2.45, 2.75) is 32.4 Å². The minimum absolute atomic E-state index is 0.636. The van der Waals surface area contributed by atoms with E-state index in [9.17, 15) is 0 Å². The molecule has 1 aliphatic heterocycles. The third-order valence-electron chi connectivity index (χ3n) is 6.17. The lowest BCUT2D eigenvalue weighted by atomic mass is 10.1. The first-order valence-corrected chi connectivity index (χ1v) is 11.3. The van der Waals surface area contributed by atoms with Gasteiger partial charge in [0, 0.05) is 58.9 Å². The SMILES string of the molecule is CCN(CCNC(=NC)N1CCN(Cc2cc(OC)c(OC)c(OC)c2)CC1)C1CC1. The largest absolute Gasteiger partial charge is 0.493 e. The fraction of sp³-hybridized carbons (Fsp3) is 0.696. The van der Waals surface area contributed by atoms with Crippen molar-refractivity contribution >= 4 is 5.96 Å². The van der Waals surface area contributed by atoms with Crippen LogP contribution in [0.3, 0.4) is 0 Å². The zero-order chi connectivity index (χ0) is 22.2. The average molecular weight is 434 g/mol. The molecule has 174 valence electrons. The number of methoxy groups -OCH3 is 3. The fourth-order valence-electron chi connectivity index (χ4n) is 4.28. The maximum atomic E-state index is 5.49. The van der Waals surface area contributed by atoms with Gasteiger partial charge in [0.25, 0.3) is 0 Å². The van der Waals surface area contributed by atoms with Crippen LogP contribution < -0.4 is 19.5 Å². The van der Waals surface area contributed by atoms with E-state index in [0.717, 1.165) is 69.9 Å². The van der Waals surface area contributed by atoms with Crippen molar-refractivity contribution in [2.75, 3.05) is 74.2 Å². The molecule has 0 amide bonds. The van der Waals surface area contributed by atoms with Gasteiger partial charge in [-0.1, -0.05) is 6.92 Å². The van der Waals surface area contributed by atoms with Gasteiger partial charge in [0.2, 0.25) is 5.75 Å². The second-order valence-electron chi connectivity index (χ2n) is 8.13. The van der Waals surface area contributed by atoms with E-state index in [1.54, 1.807) is 21.3 Å². The van der Waals surface area contributed by atoms with Crippen molar-refractivity contribution in [1.82, 2.24) is 20.0 Å². The normalized spacial score (nSPS) is 17.7. The average Bonchev–Trinajstić information content (AvgIpc) is 3.64. The van der Waals surface area contributed by atoms with Gasteiger partial charge in [-0.15, -0.1) is 0 Å². The maximum Gasteiger partial charge on any atom is 0.203 e. The minimum atomic E-state index is 0.636. The number of guanidine groups is 1. The van der Waals surface area contributed by atoms with Crippen LogP contribution in [0.2, 0.25) is 0 Å². The van der Waals surface area contributed by atoms with Crippen LogP contribution in [-0.2, 0) is 6.54 Å². The molecule has 2 aliphatic rings. The molecule has 8 nitrogen and oxygen atoms in total. The molecule has 0 unspecified atom stereocenters. The molecule has 1 heterocycles. The molecule has 1 aromatic carbocycles. The van der Waals surface area contributed by atoms with E-state index in [2.05, 4.69) is 31.9 Å². The highest BCUT2D eigenvalue weighted by Crippen LogP contribution is 2.38. The maximum absolute atomic E-state index is 5.49. The lowest BCUT2D eigenvalue weighted by Crippen LogP contribution is -2.53. The number of likely N-dealkylation sites (N-methyl/N-ethyl adjacent to an activating group) is 1. The highest BCUT2D eigenvalue weighted by atomic mass is 16.5. The highest BCUT2D eigenvalue weighted by Gasteiger charge is 2.27. The fourth-order valence-corrected chi connectivity index (χ4v) is 4.28. The molecule has 0 aromatic heterocycles. The molecule has 0 atom stereocenters. The Hall–Kier alpha value is -2.19. The van der Waals surface area contributed by atoms with Gasteiger partial charge in [-0.3, -0.25) is 14.8 Å². The number of nitrogens with zero attached hydrogens (tertiary/aromatic N) is 4. The molecule has 3 rings (SSSR count). The van der Waals surface area contributed by atoms with Crippen LogP contribution >= 0.6 is 0 Å². The van der Waals surface area contributed by atoms with Crippen LogP contribution in [0.4, 0.5) is 0 Å². The Balaban J connectivity index is 1.49. The van der Waals surface area contributed by atoms with Crippen LogP contribution in [0.1, 0.15) is 25.3 Å². The van der Waals surface area contributed by atoms with E-state index in [4.69, 9.17) is 14.2 Å². The standard InChI is InChI=1S/C23H39N5O3/c1-6-27(19-7-8-19)10-9-25-23(24-2)28-13-11-26(12-14-28)17-18-15-20(29-3)22(31-5)21(16-18)30-4/h15-16,19H,6-14,17H2,1-5H3,(H,24,25). The first-order valence-electron chi connectivity index (χ1n) is 11.3. The van der Waals surface area contributed by atoms with Crippen molar-refractivity contribution in [1.29, 1.82) is 0 Å². The second-order valence-corrected chi connectivity index (χ2v) is 8.13. The number of ether oxygens (including phenoxy) is 3. The third kappa shape index (κ3) is 6.17. The van der Waals surface area contributed by atoms with Crippen LogP contribution in [0.15, 0.2) is 17.1 Å². The Kier molecular flexibility index (Phi) is 8.66. The number of aliphatic imine (C=N–C) groups is 1. The molecular formula is C23H39N5O3. The van der Waals surface area contributed by atoms with E-state index >= 15 is 0 Å². The molecule has 0 bridgehead atoms. The van der Waals surface area contributed by atoms with Crippen molar-refractivity contribution < 1.29 is 14.2 Å². The topological polar surface area (TPSA) is 61.8 Å². The van der Waals surface area contributed by atoms with Gasteiger partial charge in [-0.25, -0.2) is 0 Å². The summed E-state index contributed by atoms with van der Waals surface area (Å²) >= 11 is 0. The minimum Gasteiger partial charge on any atom is -0.493 e. The predicted octanol–water partition coefficient (Wildman–Crippen LogP) is 1.89. The quantitative estimate of drug-likeness (QED) is 0.447. The van der Waals surface area contributed by atoms with Crippen LogP contribution in [0.5, 0.6) is 17.2 Å². The van der Waals surface area contributed by atoms with Crippen LogP contribution in [-0.4, -0.2) is 101 Å². The Bertz CT molecular complexity index is 705. The summed E-state index contributed by atoms with van der Waals surface area (Å²) in [6.07, 6.45) is 2.72. The molecular weight excluding hydrogens is 394 g/mol. The van der Waals surface area contributed by atoms with E-state index in [-0.39, 0.29) is 0 Å². The van der Waals surface area contributed by atoms with Crippen molar-refractivity contribution in [2.24, 2.45) is 4.99 Å². The van der Waals surface area contributed by atoms with Crippen LogP contribution in [0.25, 0.3) is 0 Å². The van der Waals surface area contributed by atoms with Gasteiger partial charge < -0.3 is 24.4 Å². The molecule has 8 heteroatoms. The third-order valence-corrected chi connectivity index (χ3v) is 6.17. The molecule has 1 saturated heterocycles. The van der Waals surface area contributed by atoms with Crippen LogP contribution in [0, 0.1) is 0 Å². The molecule has 2 fully saturated rings. The summed E-state index contributed by atoms with van der Waals surface area (Å²) in [6.45, 7) is 10.2. The highest BCUT2D eigenvalue weighted by molar-refractivity contribution is 5.80. The van der Waals surface area contributed by atoms with Gasteiger partial charge in [-0.05, 0) is 37.1 Å². The van der Waals surface area contributed by atoms with Crippen molar-refractivity contribution in [3.8, 4) is 17.2 Å². The van der Waals surface area contributed by atoms with E-state index < -0.39 is 0 Å². The lowest BCUT2D eigenvalue weighted by Gasteiger charge is -2.36. The van der Waals surface area contributed by atoms with Gasteiger partial charge >= 0.3 is 0 Å². The van der Waals surface area contributed by atoms with Gasteiger partial charge in [0.05, 0.1) is 21.3 Å². The number of rotatable bonds is 10. The Morgan fingerprint density at radius 3 is 2.19 bits per heavy atom. The predicted molar refractivity (Wildman–Crippen MR) is 125 cm³/mol. The number of piperazine rings is 1. The van der Waals surface area contributed by atoms with Gasteiger partial charge in [0.15, 0.2) is 17.5 Å². The molecule has 31 heavy (non-hydrogen) atoms. The summed E-state index contributed by atoms with van der Waals surface area (Å²) in [7, 11) is 6.82. The van der Waals surface area contributed by atoms with E-state index in [1.807, 2.05) is 19.2 Å². The zero-order valence-electron chi connectivity index (χ0n) is 19.8. The number of benzene rings is 1. The lowest BCUT2D eigenvalue weighted by molar-refractivity contribution is 0.171. The van der Waals surface area contributed by atoms with Gasteiger partial charge in [0.1, 0.15) is 0 Å². The molecule has 0 spiro atoms. The first-order chi connectivity index (χ1) is 15.1. The molecule has 1 N–H and O–H groups in total. The zero-order valence-corrected chi connectivity index (χ0v) is 19.8. The second kappa shape index (κ2) is 11.4. The molecule has 1 aromatic rings. The van der Waals surface area contributed by atoms with Crippen molar-refractivity contribution in [3.63, 3.8) is 0 Å². The monoisotopic (exact) mass is 433 g/mol.